The van der Waals surface area contributed by atoms with Crippen molar-refractivity contribution in [2.24, 2.45) is 0 Å². The summed E-state index contributed by atoms with van der Waals surface area (Å²) in [5.41, 5.74) is 0.377. The van der Waals surface area contributed by atoms with Gasteiger partial charge in [0.1, 0.15) is 0 Å². The highest BCUT2D eigenvalue weighted by Gasteiger charge is 2.31. The van der Waals surface area contributed by atoms with Crippen molar-refractivity contribution in [3.63, 3.8) is 0 Å². The van der Waals surface area contributed by atoms with Crippen LogP contribution in [0.15, 0.2) is 48.5 Å². The van der Waals surface area contributed by atoms with Crippen LogP contribution in [-0.2, 0) is 20.5 Å². The first-order valence-corrected chi connectivity index (χ1v) is 10.5. The van der Waals surface area contributed by atoms with E-state index in [1.54, 1.807) is 38.1 Å². The molecule has 8 nitrogen and oxygen atoms in total. The van der Waals surface area contributed by atoms with E-state index >= 15 is 0 Å². The number of carbonyl (C=O) groups excluding carboxylic acids is 2. The van der Waals surface area contributed by atoms with Gasteiger partial charge in [-0.15, -0.1) is 5.10 Å². The Kier molecular flexibility index (Phi) is 7.87. The Balaban J connectivity index is 1.83. The first-order valence-electron chi connectivity index (χ1n) is 10.5. The third-order valence-electron chi connectivity index (χ3n) is 4.57. The van der Waals surface area contributed by atoms with Gasteiger partial charge in [0.2, 0.25) is 5.91 Å². The summed E-state index contributed by atoms with van der Waals surface area (Å²) in [4.78, 5) is 27.7. The van der Waals surface area contributed by atoms with E-state index in [1.165, 1.54) is 16.8 Å². The fraction of sp³-hybridized carbons (Fsp3) is 0.304. The van der Waals surface area contributed by atoms with Crippen LogP contribution in [0, 0.1) is 0 Å². The minimum atomic E-state index is -4.50. The molecule has 11 heteroatoms. The zero-order chi connectivity index (χ0) is 24.7. The van der Waals surface area contributed by atoms with Crippen LogP contribution in [-0.4, -0.2) is 39.9 Å². The second kappa shape index (κ2) is 10.8. The maximum Gasteiger partial charge on any atom is 0.416 e. The second-order valence-corrected chi connectivity index (χ2v) is 7.04. The lowest BCUT2D eigenvalue weighted by molar-refractivity contribution is -0.144. The molecule has 0 spiro atoms. The first-order chi connectivity index (χ1) is 16.2. The predicted molar refractivity (Wildman–Crippen MR) is 117 cm³/mol. The molecule has 0 saturated heterocycles. The van der Waals surface area contributed by atoms with E-state index in [2.05, 4.69) is 15.4 Å². The van der Waals surface area contributed by atoms with E-state index in [-0.39, 0.29) is 49.4 Å². The van der Waals surface area contributed by atoms with Crippen molar-refractivity contribution in [3.8, 4) is 23.1 Å². The van der Waals surface area contributed by atoms with Crippen LogP contribution in [0.25, 0.3) is 17.1 Å². The summed E-state index contributed by atoms with van der Waals surface area (Å²) in [6, 6.07) is 11.3. The molecule has 1 amide bonds. The number of benzene rings is 2. The van der Waals surface area contributed by atoms with Crippen molar-refractivity contribution in [2.75, 3.05) is 18.5 Å². The molecule has 0 fully saturated rings. The molecular weight excluding hydrogens is 453 g/mol. The third kappa shape index (κ3) is 6.33. The van der Waals surface area contributed by atoms with Gasteiger partial charge in [-0.1, -0.05) is 12.1 Å². The second-order valence-electron chi connectivity index (χ2n) is 7.04. The van der Waals surface area contributed by atoms with Crippen LogP contribution < -0.4 is 10.1 Å². The molecule has 1 aromatic heterocycles. The van der Waals surface area contributed by atoms with Gasteiger partial charge in [-0.3, -0.25) is 9.59 Å². The summed E-state index contributed by atoms with van der Waals surface area (Å²) in [6.45, 7) is 3.95. The van der Waals surface area contributed by atoms with E-state index in [0.29, 0.717) is 11.4 Å². The van der Waals surface area contributed by atoms with Gasteiger partial charge in [0.15, 0.2) is 5.82 Å². The van der Waals surface area contributed by atoms with Crippen molar-refractivity contribution in [3.05, 3.63) is 54.1 Å². The van der Waals surface area contributed by atoms with Crippen molar-refractivity contribution in [1.82, 2.24) is 14.8 Å². The Labute approximate surface area is 193 Å². The molecule has 0 atom stereocenters. The van der Waals surface area contributed by atoms with E-state index in [0.717, 1.165) is 12.1 Å². The number of amides is 1. The summed E-state index contributed by atoms with van der Waals surface area (Å²) in [6.07, 6.45) is -4.56. The highest BCUT2D eigenvalue weighted by molar-refractivity contribution is 5.92. The standard InChI is InChI=1S/C23H23F3N4O4/c1-3-33-20(32)13-12-19(31)27-17-8-10-18(11-9-17)30-21(28-22(29-30)34-4-2)15-6-5-7-16(14-15)23(24,25)26/h5-11,14H,3-4,12-13H2,1-2H3,(H,27,31). The maximum absolute atomic E-state index is 13.2. The van der Waals surface area contributed by atoms with Crippen LogP contribution in [0.5, 0.6) is 6.01 Å². The smallest absolute Gasteiger partial charge is 0.416 e. The maximum atomic E-state index is 13.2. The third-order valence-corrected chi connectivity index (χ3v) is 4.57. The Bertz CT molecular complexity index is 1140. The number of halogens is 3. The van der Waals surface area contributed by atoms with Gasteiger partial charge in [-0.05, 0) is 50.2 Å². The Morgan fingerprint density at radius 1 is 1.03 bits per heavy atom. The molecule has 1 heterocycles. The van der Waals surface area contributed by atoms with Crippen molar-refractivity contribution in [2.45, 2.75) is 32.9 Å². The quantitative estimate of drug-likeness (QED) is 0.453. The van der Waals surface area contributed by atoms with E-state index in [1.807, 2.05) is 0 Å². The molecule has 0 aliphatic heterocycles. The summed E-state index contributed by atoms with van der Waals surface area (Å²) in [5, 5.41) is 6.93. The van der Waals surface area contributed by atoms with Crippen LogP contribution in [0.1, 0.15) is 32.3 Å². The van der Waals surface area contributed by atoms with Crippen LogP contribution in [0.2, 0.25) is 0 Å². The van der Waals surface area contributed by atoms with Crippen molar-refractivity contribution < 1.29 is 32.2 Å². The number of aromatic nitrogens is 3. The average molecular weight is 476 g/mol. The monoisotopic (exact) mass is 476 g/mol. The minimum Gasteiger partial charge on any atom is -0.466 e. The lowest BCUT2D eigenvalue weighted by atomic mass is 10.1. The van der Waals surface area contributed by atoms with Gasteiger partial charge in [-0.25, -0.2) is 4.68 Å². The SMILES string of the molecule is CCOC(=O)CCC(=O)Nc1ccc(-n2nc(OCC)nc2-c2cccc(C(F)(F)F)c2)cc1. The van der Waals surface area contributed by atoms with E-state index in [4.69, 9.17) is 9.47 Å². The molecule has 1 N–H and O–H groups in total. The molecule has 0 aliphatic carbocycles. The van der Waals surface area contributed by atoms with Gasteiger partial charge >= 0.3 is 18.2 Å². The number of hydrogen-bond donors (Lipinski definition) is 1. The number of esters is 1. The lowest BCUT2D eigenvalue weighted by Gasteiger charge is -2.10. The van der Waals surface area contributed by atoms with Crippen molar-refractivity contribution >= 4 is 17.6 Å². The Morgan fingerprint density at radius 3 is 2.41 bits per heavy atom. The molecule has 3 rings (SSSR count). The van der Waals surface area contributed by atoms with E-state index < -0.39 is 17.7 Å². The fourth-order valence-corrected chi connectivity index (χ4v) is 3.04. The number of hydrogen-bond acceptors (Lipinski definition) is 6. The lowest BCUT2D eigenvalue weighted by Crippen LogP contribution is -2.14. The van der Waals surface area contributed by atoms with Crippen LogP contribution in [0.4, 0.5) is 18.9 Å². The highest BCUT2D eigenvalue weighted by Crippen LogP contribution is 2.33. The van der Waals surface area contributed by atoms with Gasteiger partial charge in [0, 0.05) is 17.7 Å². The molecule has 2 aromatic carbocycles. The number of alkyl halides is 3. The van der Waals surface area contributed by atoms with Crippen molar-refractivity contribution in [1.29, 1.82) is 0 Å². The number of carbonyl (C=O) groups is 2. The Hall–Kier alpha value is -3.89. The molecule has 0 saturated carbocycles. The summed E-state index contributed by atoms with van der Waals surface area (Å²) < 4.78 is 51.1. The Morgan fingerprint density at radius 2 is 1.76 bits per heavy atom. The number of rotatable bonds is 9. The molecule has 34 heavy (non-hydrogen) atoms. The zero-order valence-electron chi connectivity index (χ0n) is 18.6. The molecule has 180 valence electrons. The number of ether oxygens (including phenoxy) is 2. The highest BCUT2D eigenvalue weighted by atomic mass is 19.4. The first kappa shape index (κ1) is 24.7. The predicted octanol–water partition coefficient (Wildman–Crippen LogP) is 4.63. The molecule has 3 aromatic rings. The number of nitrogens with zero attached hydrogens (tertiary/aromatic N) is 3. The normalized spacial score (nSPS) is 11.2. The minimum absolute atomic E-state index is 0.0197. The molecule has 0 aliphatic rings. The molecule has 0 bridgehead atoms. The topological polar surface area (TPSA) is 95.3 Å². The number of anilines is 1. The summed E-state index contributed by atoms with van der Waals surface area (Å²) in [7, 11) is 0. The van der Waals surface area contributed by atoms with Crippen LogP contribution >= 0.6 is 0 Å². The van der Waals surface area contributed by atoms with Gasteiger partial charge in [0.25, 0.3) is 0 Å². The average Bonchev–Trinajstić information content (AvgIpc) is 3.22. The number of nitrogens with one attached hydrogen (secondary N) is 1. The summed E-state index contributed by atoms with van der Waals surface area (Å²) >= 11 is 0. The largest absolute Gasteiger partial charge is 0.466 e. The van der Waals surface area contributed by atoms with Gasteiger partial charge < -0.3 is 14.8 Å². The summed E-state index contributed by atoms with van der Waals surface area (Å²) in [5.74, 6) is -0.642. The molecule has 0 radical (unpaired) electrons. The molecular formula is C23H23F3N4O4. The fourth-order valence-electron chi connectivity index (χ4n) is 3.04. The van der Waals surface area contributed by atoms with Gasteiger partial charge in [-0.2, -0.15) is 18.2 Å². The van der Waals surface area contributed by atoms with Gasteiger partial charge in [0.05, 0.1) is 30.9 Å². The van der Waals surface area contributed by atoms with Crippen LogP contribution in [0.3, 0.4) is 0 Å². The molecule has 0 unspecified atom stereocenters. The van der Waals surface area contributed by atoms with E-state index in [9.17, 15) is 22.8 Å². The zero-order valence-corrected chi connectivity index (χ0v) is 18.6.